The lowest BCUT2D eigenvalue weighted by molar-refractivity contribution is 0.0589. The minimum Gasteiger partial charge on any atom is -0.508 e. The van der Waals surface area contributed by atoms with Gasteiger partial charge < -0.3 is 14.4 Å². The molecular formula is C14H15NO3. The normalized spacial score (nSPS) is 10.3. The minimum atomic E-state index is -0.358. The van der Waals surface area contributed by atoms with Crippen molar-refractivity contribution in [2.45, 2.75) is 13.5 Å². The second kappa shape index (κ2) is 4.96. The highest BCUT2D eigenvalue weighted by Crippen LogP contribution is 2.25. The van der Waals surface area contributed by atoms with Crippen molar-refractivity contribution in [3.8, 4) is 17.0 Å². The smallest absolute Gasteiger partial charge is 0.354 e. The molecule has 0 atom stereocenters. The standard InChI is InChI=1S/C14H15NO3/c1-3-15-12(7-8-13(15)14(17)18-2)10-5-4-6-11(16)9-10/h4-9,16H,3H2,1-2H3. The molecule has 2 aromatic rings. The molecule has 2 rings (SSSR count). The summed E-state index contributed by atoms with van der Waals surface area (Å²) < 4.78 is 6.60. The van der Waals surface area contributed by atoms with Gasteiger partial charge in [0.15, 0.2) is 0 Å². The summed E-state index contributed by atoms with van der Waals surface area (Å²) in [7, 11) is 1.36. The Morgan fingerprint density at radius 1 is 1.33 bits per heavy atom. The largest absolute Gasteiger partial charge is 0.508 e. The molecule has 94 valence electrons. The van der Waals surface area contributed by atoms with Crippen molar-refractivity contribution >= 4 is 5.97 Å². The van der Waals surface area contributed by atoms with Crippen molar-refractivity contribution in [3.63, 3.8) is 0 Å². The second-order valence-electron chi connectivity index (χ2n) is 3.89. The maximum absolute atomic E-state index is 11.6. The van der Waals surface area contributed by atoms with Crippen molar-refractivity contribution in [1.82, 2.24) is 4.57 Å². The van der Waals surface area contributed by atoms with Gasteiger partial charge in [0, 0.05) is 17.8 Å². The van der Waals surface area contributed by atoms with Crippen LogP contribution in [0.2, 0.25) is 0 Å². The number of aromatic hydroxyl groups is 1. The third-order valence-electron chi connectivity index (χ3n) is 2.83. The monoisotopic (exact) mass is 245 g/mol. The number of ether oxygens (including phenoxy) is 1. The molecule has 0 bridgehead atoms. The van der Waals surface area contributed by atoms with Gasteiger partial charge in [-0.2, -0.15) is 0 Å². The third-order valence-corrected chi connectivity index (χ3v) is 2.83. The molecule has 1 heterocycles. The summed E-state index contributed by atoms with van der Waals surface area (Å²) in [5, 5.41) is 9.50. The van der Waals surface area contributed by atoms with Crippen LogP contribution in [0.15, 0.2) is 36.4 Å². The molecule has 1 aromatic carbocycles. The lowest BCUT2D eigenvalue weighted by Gasteiger charge is -2.10. The van der Waals surface area contributed by atoms with E-state index in [2.05, 4.69) is 0 Å². The molecule has 0 aliphatic carbocycles. The number of phenolic OH excluding ortho intramolecular Hbond substituents is 1. The summed E-state index contributed by atoms with van der Waals surface area (Å²) in [4.78, 5) is 11.6. The molecule has 4 heteroatoms. The van der Waals surface area contributed by atoms with Crippen LogP contribution in [0, 0.1) is 0 Å². The first kappa shape index (κ1) is 12.2. The Morgan fingerprint density at radius 3 is 2.72 bits per heavy atom. The summed E-state index contributed by atoms with van der Waals surface area (Å²) in [6.45, 7) is 2.61. The predicted molar refractivity (Wildman–Crippen MR) is 68.5 cm³/mol. The fraction of sp³-hybridized carbons (Fsp3) is 0.214. The number of carbonyl (C=O) groups is 1. The molecule has 0 aliphatic heterocycles. The number of aromatic nitrogens is 1. The lowest BCUT2D eigenvalue weighted by atomic mass is 10.1. The van der Waals surface area contributed by atoms with Crippen LogP contribution in [0.1, 0.15) is 17.4 Å². The van der Waals surface area contributed by atoms with Crippen LogP contribution in [0.4, 0.5) is 0 Å². The van der Waals surface area contributed by atoms with Crippen LogP contribution in [-0.2, 0) is 11.3 Å². The van der Waals surface area contributed by atoms with Gasteiger partial charge in [0.2, 0.25) is 0 Å². The Kier molecular flexibility index (Phi) is 3.37. The molecule has 0 fully saturated rings. The number of benzene rings is 1. The molecule has 0 aliphatic rings. The highest BCUT2D eigenvalue weighted by molar-refractivity contribution is 5.89. The first-order valence-electron chi connectivity index (χ1n) is 5.74. The first-order valence-corrected chi connectivity index (χ1v) is 5.74. The van der Waals surface area contributed by atoms with Crippen molar-refractivity contribution in [2.24, 2.45) is 0 Å². The van der Waals surface area contributed by atoms with Crippen LogP contribution in [-0.4, -0.2) is 22.8 Å². The van der Waals surface area contributed by atoms with E-state index in [1.807, 2.05) is 23.6 Å². The van der Waals surface area contributed by atoms with E-state index in [1.165, 1.54) is 7.11 Å². The third kappa shape index (κ3) is 2.09. The molecule has 0 saturated carbocycles. The fourth-order valence-electron chi connectivity index (χ4n) is 2.01. The maximum Gasteiger partial charge on any atom is 0.354 e. The number of carbonyl (C=O) groups excluding carboxylic acids is 1. The summed E-state index contributed by atoms with van der Waals surface area (Å²) >= 11 is 0. The lowest BCUT2D eigenvalue weighted by Crippen LogP contribution is -2.10. The Morgan fingerprint density at radius 2 is 2.11 bits per heavy atom. The van der Waals surface area contributed by atoms with Gasteiger partial charge in [-0.05, 0) is 31.2 Å². The Hall–Kier alpha value is -2.23. The molecule has 0 spiro atoms. The highest BCUT2D eigenvalue weighted by Gasteiger charge is 2.15. The van der Waals surface area contributed by atoms with Gasteiger partial charge in [-0.15, -0.1) is 0 Å². The van der Waals surface area contributed by atoms with Crippen molar-refractivity contribution < 1.29 is 14.6 Å². The zero-order valence-electron chi connectivity index (χ0n) is 10.4. The summed E-state index contributed by atoms with van der Waals surface area (Å²) in [5.41, 5.74) is 2.26. The van der Waals surface area contributed by atoms with Gasteiger partial charge in [-0.25, -0.2) is 4.79 Å². The molecule has 0 unspecified atom stereocenters. The summed E-state index contributed by atoms with van der Waals surface area (Å²) in [5.74, 6) is -0.153. The molecule has 1 N–H and O–H groups in total. The van der Waals surface area contributed by atoms with E-state index in [0.29, 0.717) is 12.2 Å². The van der Waals surface area contributed by atoms with E-state index < -0.39 is 0 Å². The maximum atomic E-state index is 11.6. The van der Waals surface area contributed by atoms with E-state index in [-0.39, 0.29) is 11.7 Å². The Labute approximate surface area is 105 Å². The van der Waals surface area contributed by atoms with E-state index in [4.69, 9.17) is 4.74 Å². The van der Waals surface area contributed by atoms with Gasteiger partial charge in [-0.1, -0.05) is 12.1 Å². The number of esters is 1. The number of hydrogen-bond donors (Lipinski definition) is 1. The Bertz CT molecular complexity index is 572. The van der Waals surface area contributed by atoms with Gasteiger partial charge in [0.25, 0.3) is 0 Å². The molecule has 0 radical (unpaired) electrons. The molecular weight excluding hydrogens is 230 g/mol. The molecule has 4 nitrogen and oxygen atoms in total. The quantitative estimate of drug-likeness (QED) is 0.846. The van der Waals surface area contributed by atoms with Crippen LogP contribution in [0.5, 0.6) is 5.75 Å². The SMILES string of the molecule is CCn1c(C(=O)OC)ccc1-c1cccc(O)c1. The molecule has 1 aromatic heterocycles. The molecule has 0 amide bonds. The van der Waals surface area contributed by atoms with Crippen LogP contribution < -0.4 is 0 Å². The molecule has 0 saturated heterocycles. The summed E-state index contributed by atoms with van der Waals surface area (Å²) in [6, 6.07) is 10.5. The van der Waals surface area contributed by atoms with Crippen LogP contribution >= 0.6 is 0 Å². The number of hydrogen-bond acceptors (Lipinski definition) is 3. The number of phenols is 1. The van der Waals surface area contributed by atoms with Gasteiger partial charge in [-0.3, -0.25) is 0 Å². The Balaban J connectivity index is 2.52. The number of nitrogens with zero attached hydrogens (tertiary/aromatic N) is 1. The van der Waals surface area contributed by atoms with E-state index in [0.717, 1.165) is 11.3 Å². The second-order valence-corrected chi connectivity index (χ2v) is 3.89. The van der Waals surface area contributed by atoms with E-state index in [9.17, 15) is 9.90 Å². The number of rotatable bonds is 3. The van der Waals surface area contributed by atoms with Crippen molar-refractivity contribution in [1.29, 1.82) is 0 Å². The van der Waals surface area contributed by atoms with E-state index >= 15 is 0 Å². The average Bonchev–Trinajstić information content (AvgIpc) is 2.81. The number of methoxy groups -OCH3 is 1. The van der Waals surface area contributed by atoms with E-state index in [1.54, 1.807) is 24.3 Å². The fourth-order valence-corrected chi connectivity index (χ4v) is 2.01. The van der Waals surface area contributed by atoms with Gasteiger partial charge >= 0.3 is 5.97 Å². The zero-order valence-corrected chi connectivity index (χ0v) is 10.4. The minimum absolute atomic E-state index is 0.205. The molecule has 18 heavy (non-hydrogen) atoms. The van der Waals surface area contributed by atoms with Crippen LogP contribution in [0.3, 0.4) is 0 Å². The van der Waals surface area contributed by atoms with Crippen molar-refractivity contribution in [3.05, 3.63) is 42.1 Å². The highest BCUT2D eigenvalue weighted by atomic mass is 16.5. The zero-order chi connectivity index (χ0) is 13.1. The topological polar surface area (TPSA) is 51.5 Å². The van der Waals surface area contributed by atoms with Crippen molar-refractivity contribution in [2.75, 3.05) is 7.11 Å². The first-order chi connectivity index (χ1) is 8.67. The average molecular weight is 245 g/mol. The summed E-state index contributed by atoms with van der Waals surface area (Å²) in [6.07, 6.45) is 0. The van der Waals surface area contributed by atoms with Crippen LogP contribution in [0.25, 0.3) is 11.3 Å². The predicted octanol–water partition coefficient (Wildman–Crippen LogP) is 2.67. The van der Waals surface area contributed by atoms with Gasteiger partial charge in [0.1, 0.15) is 11.4 Å². The van der Waals surface area contributed by atoms with Gasteiger partial charge in [0.05, 0.1) is 7.11 Å².